The highest BCUT2D eigenvalue weighted by Gasteiger charge is 2.31. The van der Waals surface area contributed by atoms with E-state index in [2.05, 4.69) is 5.32 Å². The monoisotopic (exact) mass is 317 g/mol. The smallest absolute Gasteiger partial charge is 0.311 e. The maximum absolute atomic E-state index is 13.0. The second-order valence-electron chi connectivity index (χ2n) is 4.86. The number of benzene rings is 1. The highest BCUT2D eigenvalue weighted by molar-refractivity contribution is 8.00. The molecule has 2 N–H and O–H groups in total. The molecule has 0 fully saturated rings. The normalized spacial score (nSPS) is 13.5. The molecule has 1 amide bonds. The van der Waals surface area contributed by atoms with Gasteiger partial charge >= 0.3 is 5.97 Å². The fraction of sp³-hybridized carbons (Fsp3) is 0.429. The zero-order chi connectivity index (χ0) is 16.0. The van der Waals surface area contributed by atoms with Gasteiger partial charge in [-0.05, 0) is 31.5 Å². The van der Waals surface area contributed by atoms with E-state index >= 15 is 0 Å². The van der Waals surface area contributed by atoms with E-state index in [4.69, 9.17) is 5.11 Å². The standard InChI is InChI=1S/C14H17F2NO3S/c1-3-14(2,13(19)20)8-17-12(18)7-21-9-4-5-10(15)11(16)6-9/h4-6H,3,7-8H2,1-2H3,(H,17,18)(H,19,20). The van der Waals surface area contributed by atoms with Crippen LogP contribution in [0, 0.1) is 17.0 Å². The Hall–Kier alpha value is -1.63. The first kappa shape index (κ1) is 17.4. The fourth-order valence-electron chi connectivity index (χ4n) is 1.41. The van der Waals surface area contributed by atoms with Gasteiger partial charge in [-0.1, -0.05) is 6.92 Å². The summed E-state index contributed by atoms with van der Waals surface area (Å²) in [6.45, 7) is 3.31. The van der Waals surface area contributed by atoms with Gasteiger partial charge in [0.05, 0.1) is 11.2 Å². The largest absolute Gasteiger partial charge is 0.481 e. The van der Waals surface area contributed by atoms with Crippen LogP contribution in [0.4, 0.5) is 8.78 Å². The van der Waals surface area contributed by atoms with Crippen molar-refractivity contribution in [1.29, 1.82) is 0 Å². The molecule has 1 rings (SSSR count). The van der Waals surface area contributed by atoms with Crippen molar-refractivity contribution in [1.82, 2.24) is 5.32 Å². The topological polar surface area (TPSA) is 66.4 Å². The van der Waals surface area contributed by atoms with Crippen molar-refractivity contribution in [2.75, 3.05) is 12.3 Å². The van der Waals surface area contributed by atoms with Crippen molar-refractivity contribution in [2.24, 2.45) is 5.41 Å². The predicted octanol–water partition coefficient (Wildman–Crippen LogP) is 2.67. The van der Waals surface area contributed by atoms with Crippen LogP contribution in [0.3, 0.4) is 0 Å². The van der Waals surface area contributed by atoms with Gasteiger partial charge in [-0.3, -0.25) is 9.59 Å². The molecule has 7 heteroatoms. The minimum atomic E-state index is -1.01. The number of thioether (sulfide) groups is 1. The molecule has 21 heavy (non-hydrogen) atoms. The summed E-state index contributed by atoms with van der Waals surface area (Å²) in [4.78, 5) is 23.2. The van der Waals surface area contributed by atoms with E-state index < -0.39 is 23.0 Å². The number of halogens is 2. The highest BCUT2D eigenvalue weighted by atomic mass is 32.2. The molecule has 0 aromatic heterocycles. The minimum Gasteiger partial charge on any atom is -0.481 e. The molecule has 0 bridgehead atoms. The molecule has 116 valence electrons. The van der Waals surface area contributed by atoms with Gasteiger partial charge in [-0.15, -0.1) is 11.8 Å². The van der Waals surface area contributed by atoms with Gasteiger partial charge in [-0.25, -0.2) is 8.78 Å². The molecule has 1 atom stereocenters. The molecule has 0 heterocycles. The van der Waals surface area contributed by atoms with E-state index in [1.165, 1.54) is 6.07 Å². The number of rotatable bonds is 7. The molecule has 1 aromatic rings. The highest BCUT2D eigenvalue weighted by Crippen LogP contribution is 2.21. The first-order valence-electron chi connectivity index (χ1n) is 6.36. The molecule has 0 saturated heterocycles. The summed E-state index contributed by atoms with van der Waals surface area (Å²) in [7, 11) is 0. The van der Waals surface area contributed by atoms with Crippen LogP contribution < -0.4 is 5.32 Å². The third kappa shape index (κ3) is 5.00. The average Bonchev–Trinajstić information content (AvgIpc) is 2.45. The van der Waals surface area contributed by atoms with Crippen LogP contribution in [0.1, 0.15) is 20.3 Å². The molecule has 0 radical (unpaired) electrons. The van der Waals surface area contributed by atoms with Crippen molar-refractivity contribution in [3.8, 4) is 0 Å². The van der Waals surface area contributed by atoms with Crippen LogP contribution in [0.5, 0.6) is 0 Å². The molecule has 0 saturated carbocycles. The third-order valence-electron chi connectivity index (χ3n) is 3.23. The number of hydrogen-bond donors (Lipinski definition) is 2. The number of carboxylic acids is 1. The molecule has 4 nitrogen and oxygen atoms in total. The predicted molar refractivity (Wildman–Crippen MR) is 76.1 cm³/mol. The number of amides is 1. The molecule has 0 aliphatic heterocycles. The van der Waals surface area contributed by atoms with Gasteiger partial charge in [0.25, 0.3) is 0 Å². The summed E-state index contributed by atoms with van der Waals surface area (Å²) in [6, 6.07) is 3.39. The fourth-order valence-corrected chi connectivity index (χ4v) is 2.16. The van der Waals surface area contributed by atoms with Crippen LogP contribution in [0.25, 0.3) is 0 Å². The number of carbonyl (C=O) groups is 2. The summed E-state index contributed by atoms with van der Waals surface area (Å²) < 4.78 is 25.7. The van der Waals surface area contributed by atoms with Crippen LogP contribution in [-0.4, -0.2) is 29.3 Å². The van der Waals surface area contributed by atoms with E-state index in [0.717, 1.165) is 23.9 Å². The SMILES string of the molecule is CCC(C)(CNC(=O)CSc1ccc(F)c(F)c1)C(=O)O. The van der Waals surface area contributed by atoms with Crippen molar-refractivity contribution < 1.29 is 23.5 Å². The Kier molecular flexibility index (Phi) is 6.14. The Morgan fingerprint density at radius 1 is 1.33 bits per heavy atom. The lowest BCUT2D eigenvalue weighted by molar-refractivity contribution is -0.148. The first-order chi connectivity index (χ1) is 9.78. The number of carboxylic acid groups (broad SMARTS) is 1. The van der Waals surface area contributed by atoms with Crippen LogP contribution >= 0.6 is 11.8 Å². The quantitative estimate of drug-likeness (QED) is 0.759. The van der Waals surface area contributed by atoms with Gasteiger partial charge in [0, 0.05) is 11.4 Å². The Bertz CT molecular complexity index is 539. The Morgan fingerprint density at radius 2 is 2.00 bits per heavy atom. The lowest BCUT2D eigenvalue weighted by atomic mass is 9.88. The second-order valence-corrected chi connectivity index (χ2v) is 5.91. The summed E-state index contributed by atoms with van der Waals surface area (Å²) in [5.74, 6) is -3.23. The maximum atomic E-state index is 13.0. The molecular weight excluding hydrogens is 300 g/mol. The van der Waals surface area contributed by atoms with E-state index in [-0.39, 0.29) is 18.2 Å². The third-order valence-corrected chi connectivity index (χ3v) is 4.23. The molecule has 0 aliphatic carbocycles. The number of carbonyl (C=O) groups excluding carboxylic acids is 1. The van der Waals surface area contributed by atoms with Gasteiger partial charge in [0.1, 0.15) is 0 Å². The molecule has 0 aliphatic rings. The summed E-state index contributed by atoms with van der Waals surface area (Å²) in [5.41, 5.74) is -1.01. The Morgan fingerprint density at radius 3 is 2.52 bits per heavy atom. The maximum Gasteiger partial charge on any atom is 0.311 e. The number of aliphatic carboxylic acids is 1. The molecule has 0 spiro atoms. The van der Waals surface area contributed by atoms with Crippen LogP contribution in [-0.2, 0) is 9.59 Å². The summed E-state index contributed by atoms with van der Waals surface area (Å²) >= 11 is 1.05. The van der Waals surface area contributed by atoms with Crippen LogP contribution in [0.2, 0.25) is 0 Å². The van der Waals surface area contributed by atoms with Crippen LogP contribution in [0.15, 0.2) is 23.1 Å². The summed E-state index contributed by atoms with van der Waals surface area (Å²) in [5, 5.41) is 11.6. The van der Waals surface area contributed by atoms with E-state index in [1.807, 2.05) is 0 Å². The lowest BCUT2D eigenvalue weighted by Gasteiger charge is -2.23. The lowest BCUT2D eigenvalue weighted by Crippen LogP contribution is -2.41. The molecule has 1 unspecified atom stereocenters. The summed E-state index contributed by atoms with van der Waals surface area (Å²) in [6.07, 6.45) is 0.388. The Labute approximate surface area is 125 Å². The zero-order valence-electron chi connectivity index (χ0n) is 11.8. The van der Waals surface area contributed by atoms with Gasteiger partial charge < -0.3 is 10.4 Å². The number of hydrogen-bond acceptors (Lipinski definition) is 3. The van der Waals surface area contributed by atoms with E-state index in [1.54, 1.807) is 13.8 Å². The first-order valence-corrected chi connectivity index (χ1v) is 7.35. The Balaban J connectivity index is 2.47. The average molecular weight is 317 g/mol. The zero-order valence-corrected chi connectivity index (χ0v) is 12.6. The van der Waals surface area contributed by atoms with Gasteiger partial charge in [-0.2, -0.15) is 0 Å². The number of nitrogens with one attached hydrogen (secondary N) is 1. The molecular formula is C14H17F2NO3S. The van der Waals surface area contributed by atoms with Gasteiger partial charge in [0.15, 0.2) is 11.6 Å². The van der Waals surface area contributed by atoms with E-state index in [0.29, 0.717) is 11.3 Å². The van der Waals surface area contributed by atoms with Crippen molar-refractivity contribution in [2.45, 2.75) is 25.2 Å². The van der Waals surface area contributed by atoms with E-state index in [9.17, 15) is 18.4 Å². The molecule has 1 aromatic carbocycles. The minimum absolute atomic E-state index is 0.00445. The van der Waals surface area contributed by atoms with Crippen molar-refractivity contribution >= 4 is 23.6 Å². The van der Waals surface area contributed by atoms with Crippen molar-refractivity contribution in [3.05, 3.63) is 29.8 Å². The van der Waals surface area contributed by atoms with Crippen molar-refractivity contribution in [3.63, 3.8) is 0 Å². The second kappa shape index (κ2) is 7.40. The van der Waals surface area contributed by atoms with Gasteiger partial charge in [0.2, 0.25) is 5.91 Å².